The van der Waals surface area contributed by atoms with Crippen molar-refractivity contribution >= 4 is 34.5 Å². The second kappa shape index (κ2) is 7.07. The van der Waals surface area contributed by atoms with Crippen molar-refractivity contribution in [3.63, 3.8) is 0 Å². The maximum absolute atomic E-state index is 12.3. The van der Waals surface area contributed by atoms with Crippen LogP contribution in [0.15, 0.2) is 41.9 Å². The van der Waals surface area contributed by atoms with Gasteiger partial charge in [0.1, 0.15) is 12.4 Å². The van der Waals surface area contributed by atoms with Crippen molar-refractivity contribution in [2.24, 2.45) is 7.05 Å². The molecule has 0 aliphatic heterocycles. The van der Waals surface area contributed by atoms with Crippen LogP contribution < -0.4 is 10.1 Å². The SMILES string of the molecule is Cc1nn(C)cc1NC(=O)c1cc(COc2ccc(Cl)cc2)cs1. The van der Waals surface area contributed by atoms with E-state index in [0.717, 1.165) is 22.7 Å². The smallest absolute Gasteiger partial charge is 0.265 e. The summed E-state index contributed by atoms with van der Waals surface area (Å²) in [5.74, 6) is 0.594. The molecule has 0 radical (unpaired) electrons. The van der Waals surface area contributed by atoms with E-state index in [1.807, 2.05) is 37.6 Å². The quantitative estimate of drug-likeness (QED) is 0.738. The first-order chi connectivity index (χ1) is 11.5. The van der Waals surface area contributed by atoms with Crippen LogP contribution in [0.1, 0.15) is 20.9 Å². The highest BCUT2D eigenvalue weighted by molar-refractivity contribution is 7.12. The molecule has 2 heterocycles. The van der Waals surface area contributed by atoms with Gasteiger partial charge in [0.05, 0.1) is 16.3 Å². The molecule has 0 aliphatic carbocycles. The Morgan fingerprint density at radius 3 is 2.79 bits per heavy atom. The first kappa shape index (κ1) is 16.5. The van der Waals surface area contributed by atoms with Crippen LogP contribution >= 0.6 is 22.9 Å². The van der Waals surface area contributed by atoms with E-state index in [1.165, 1.54) is 11.3 Å². The van der Waals surface area contributed by atoms with Gasteiger partial charge in [0.2, 0.25) is 0 Å². The number of nitrogens with one attached hydrogen (secondary N) is 1. The maximum atomic E-state index is 12.3. The lowest BCUT2D eigenvalue weighted by Gasteiger charge is -2.04. The number of hydrogen-bond acceptors (Lipinski definition) is 4. The molecule has 0 fully saturated rings. The van der Waals surface area contributed by atoms with Gasteiger partial charge in [0.25, 0.3) is 5.91 Å². The fourth-order valence-corrected chi connectivity index (χ4v) is 3.09. The summed E-state index contributed by atoms with van der Waals surface area (Å²) < 4.78 is 7.36. The highest BCUT2D eigenvalue weighted by Crippen LogP contribution is 2.21. The Labute approximate surface area is 148 Å². The Morgan fingerprint density at radius 1 is 1.38 bits per heavy atom. The van der Waals surface area contributed by atoms with Crippen LogP contribution in [-0.2, 0) is 13.7 Å². The van der Waals surface area contributed by atoms with Gasteiger partial charge in [0, 0.05) is 23.8 Å². The molecule has 0 spiro atoms. The monoisotopic (exact) mass is 361 g/mol. The predicted molar refractivity (Wildman–Crippen MR) is 96.0 cm³/mol. The Bertz CT molecular complexity index is 855. The van der Waals surface area contributed by atoms with Gasteiger partial charge in [-0.05, 0) is 42.6 Å². The number of benzene rings is 1. The first-order valence-electron chi connectivity index (χ1n) is 7.28. The van der Waals surface area contributed by atoms with Gasteiger partial charge >= 0.3 is 0 Å². The zero-order valence-corrected chi connectivity index (χ0v) is 14.8. The van der Waals surface area contributed by atoms with Crippen LogP contribution in [0.2, 0.25) is 5.02 Å². The third-order valence-corrected chi connectivity index (χ3v) is 4.59. The summed E-state index contributed by atoms with van der Waals surface area (Å²) in [5.41, 5.74) is 2.45. The Balaban J connectivity index is 1.61. The highest BCUT2D eigenvalue weighted by Gasteiger charge is 2.12. The zero-order chi connectivity index (χ0) is 17.1. The Morgan fingerprint density at radius 2 is 2.12 bits per heavy atom. The molecule has 1 N–H and O–H groups in total. The summed E-state index contributed by atoms with van der Waals surface area (Å²) in [7, 11) is 1.82. The normalized spacial score (nSPS) is 10.6. The Kier molecular flexibility index (Phi) is 4.87. The van der Waals surface area contributed by atoms with Crippen LogP contribution in [0, 0.1) is 6.92 Å². The van der Waals surface area contributed by atoms with Crippen LogP contribution in [0.5, 0.6) is 5.75 Å². The third kappa shape index (κ3) is 3.96. The molecule has 24 heavy (non-hydrogen) atoms. The lowest BCUT2D eigenvalue weighted by Crippen LogP contribution is -2.10. The van der Waals surface area contributed by atoms with Crippen molar-refractivity contribution in [2.45, 2.75) is 13.5 Å². The lowest BCUT2D eigenvalue weighted by atomic mass is 10.3. The van der Waals surface area contributed by atoms with Gasteiger partial charge < -0.3 is 10.1 Å². The second-order valence-corrected chi connectivity index (χ2v) is 6.67. The standard InChI is InChI=1S/C17H16ClN3O2S/c1-11-15(8-21(2)20-11)19-17(22)16-7-12(10-24-16)9-23-14-5-3-13(18)4-6-14/h3-8,10H,9H2,1-2H3,(H,19,22). The number of nitrogens with zero attached hydrogens (tertiary/aromatic N) is 2. The second-order valence-electron chi connectivity index (χ2n) is 5.32. The summed E-state index contributed by atoms with van der Waals surface area (Å²) in [4.78, 5) is 12.9. The molecule has 0 saturated carbocycles. The van der Waals surface area contributed by atoms with Crippen molar-refractivity contribution in [3.8, 4) is 5.75 Å². The van der Waals surface area contributed by atoms with Crippen LogP contribution in [0.3, 0.4) is 0 Å². The minimum atomic E-state index is -0.145. The number of carbonyl (C=O) groups is 1. The summed E-state index contributed by atoms with van der Waals surface area (Å²) >= 11 is 7.23. The van der Waals surface area contributed by atoms with Gasteiger partial charge in [-0.25, -0.2) is 0 Å². The molecule has 1 aromatic carbocycles. The highest BCUT2D eigenvalue weighted by atomic mass is 35.5. The summed E-state index contributed by atoms with van der Waals surface area (Å²) in [6, 6.07) is 9.02. The summed E-state index contributed by atoms with van der Waals surface area (Å²) in [6.07, 6.45) is 1.78. The zero-order valence-electron chi connectivity index (χ0n) is 13.2. The minimum Gasteiger partial charge on any atom is -0.489 e. The topological polar surface area (TPSA) is 56.2 Å². The van der Waals surface area contributed by atoms with Crippen LogP contribution in [-0.4, -0.2) is 15.7 Å². The van der Waals surface area contributed by atoms with E-state index >= 15 is 0 Å². The first-order valence-corrected chi connectivity index (χ1v) is 8.54. The average Bonchev–Trinajstić information content (AvgIpc) is 3.14. The molecular weight excluding hydrogens is 346 g/mol. The molecule has 0 saturated heterocycles. The molecular formula is C17H16ClN3O2S. The number of anilines is 1. The van der Waals surface area contributed by atoms with Crippen molar-refractivity contribution < 1.29 is 9.53 Å². The molecule has 0 aliphatic rings. The minimum absolute atomic E-state index is 0.145. The number of aryl methyl sites for hydroxylation is 2. The van der Waals surface area contributed by atoms with Crippen molar-refractivity contribution in [2.75, 3.05) is 5.32 Å². The van der Waals surface area contributed by atoms with E-state index in [9.17, 15) is 4.79 Å². The molecule has 2 aromatic heterocycles. The lowest BCUT2D eigenvalue weighted by molar-refractivity contribution is 0.103. The Hall–Kier alpha value is -2.31. The van der Waals surface area contributed by atoms with E-state index in [2.05, 4.69) is 10.4 Å². The largest absolute Gasteiger partial charge is 0.489 e. The van der Waals surface area contributed by atoms with E-state index in [1.54, 1.807) is 23.0 Å². The van der Waals surface area contributed by atoms with Crippen molar-refractivity contribution in [3.05, 3.63) is 63.1 Å². The van der Waals surface area contributed by atoms with Crippen molar-refractivity contribution in [1.82, 2.24) is 9.78 Å². The molecule has 0 atom stereocenters. The molecule has 1 amide bonds. The number of carbonyl (C=O) groups excluding carboxylic acids is 1. The van der Waals surface area contributed by atoms with Gasteiger partial charge in [-0.1, -0.05) is 11.6 Å². The number of ether oxygens (including phenoxy) is 1. The van der Waals surface area contributed by atoms with Crippen LogP contribution in [0.25, 0.3) is 0 Å². The van der Waals surface area contributed by atoms with Gasteiger partial charge in [-0.2, -0.15) is 5.10 Å². The number of halogens is 1. The van der Waals surface area contributed by atoms with Gasteiger partial charge in [0.15, 0.2) is 0 Å². The van der Waals surface area contributed by atoms with E-state index < -0.39 is 0 Å². The summed E-state index contributed by atoms with van der Waals surface area (Å²) in [5, 5.41) is 9.67. The molecule has 3 aromatic rings. The average molecular weight is 362 g/mol. The molecule has 124 valence electrons. The van der Waals surface area contributed by atoms with Gasteiger partial charge in [-0.15, -0.1) is 11.3 Å². The number of amides is 1. The molecule has 0 unspecified atom stereocenters. The molecule has 3 rings (SSSR count). The fourth-order valence-electron chi connectivity index (χ4n) is 2.17. The van der Waals surface area contributed by atoms with E-state index in [-0.39, 0.29) is 5.91 Å². The number of thiophene rings is 1. The summed E-state index contributed by atoms with van der Waals surface area (Å²) in [6.45, 7) is 2.26. The van der Waals surface area contributed by atoms with Crippen LogP contribution in [0.4, 0.5) is 5.69 Å². The van der Waals surface area contributed by atoms with Gasteiger partial charge in [-0.3, -0.25) is 9.48 Å². The fraction of sp³-hybridized carbons (Fsp3) is 0.176. The van der Waals surface area contributed by atoms with E-state index in [4.69, 9.17) is 16.3 Å². The van der Waals surface area contributed by atoms with E-state index in [0.29, 0.717) is 16.5 Å². The van der Waals surface area contributed by atoms with Crippen molar-refractivity contribution in [1.29, 1.82) is 0 Å². The number of aromatic nitrogens is 2. The number of hydrogen-bond donors (Lipinski definition) is 1. The molecule has 5 nitrogen and oxygen atoms in total. The number of rotatable bonds is 5. The third-order valence-electron chi connectivity index (χ3n) is 3.36. The maximum Gasteiger partial charge on any atom is 0.265 e. The molecule has 0 bridgehead atoms. The predicted octanol–water partition coefficient (Wildman–Crippen LogP) is 4.27. The molecule has 7 heteroatoms.